The van der Waals surface area contributed by atoms with Crippen LogP contribution in [-0.2, 0) is 9.53 Å². The minimum Gasteiger partial charge on any atom is -0.377 e. The van der Waals surface area contributed by atoms with Gasteiger partial charge in [-0.05, 0) is 44.4 Å². The van der Waals surface area contributed by atoms with Crippen LogP contribution >= 0.6 is 0 Å². The molecule has 3 fully saturated rings. The van der Waals surface area contributed by atoms with E-state index in [0.717, 1.165) is 18.8 Å². The van der Waals surface area contributed by atoms with E-state index in [-0.39, 0.29) is 17.9 Å². The zero-order chi connectivity index (χ0) is 13.5. The van der Waals surface area contributed by atoms with Crippen LogP contribution < -0.4 is 5.32 Å². The zero-order valence-corrected chi connectivity index (χ0v) is 11.6. The molecule has 3 aliphatic rings. The fraction of sp³-hybridized carbons (Fsp3) is 0.733. The van der Waals surface area contributed by atoms with Gasteiger partial charge in [0, 0.05) is 12.7 Å². The molecule has 1 N–H and O–H groups in total. The van der Waals surface area contributed by atoms with Crippen molar-refractivity contribution in [3.8, 4) is 0 Å². The van der Waals surface area contributed by atoms with Crippen molar-refractivity contribution in [2.24, 2.45) is 11.8 Å². The maximum Gasteiger partial charge on any atom is 0.231 e. The molecular formula is C15H21N3O2. The quantitative estimate of drug-likeness (QED) is 0.917. The average molecular weight is 275 g/mol. The Hall–Kier alpha value is -1.36. The topological polar surface area (TPSA) is 56.2 Å². The highest BCUT2D eigenvalue weighted by molar-refractivity contribution is 5.92. The van der Waals surface area contributed by atoms with E-state index in [9.17, 15) is 4.79 Å². The van der Waals surface area contributed by atoms with Gasteiger partial charge in [-0.1, -0.05) is 0 Å². The first-order valence-corrected chi connectivity index (χ1v) is 7.79. The summed E-state index contributed by atoms with van der Waals surface area (Å²) in [5, 5.41) is 7.43. The van der Waals surface area contributed by atoms with Gasteiger partial charge < -0.3 is 10.1 Å². The molecule has 0 spiro atoms. The van der Waals surface area contributed by atoms with Gasteiger partial charge in [0.25, 0.3) is 0 Å². The van der Waals surface area contributed by atoms with Crippen molar-refractivity contribution < 1.29 is 9.53 Å². The molecule has 0 unspecified atom stereocenters. The average Bonchev–Trinajstić information content (AvgIpc) is 2.94. The van der Waals surface area contributed by atoms with Crippen LogP contribution in [0.25, 0.3) is 0 Å². The van der Waals surface area contributed by atoms with Gasteiger partial charge in [0.1, 0.15) is 5.82 Å². The fourth-order valence-electron chi connectivity index (χ4n) is 3.34. The Balaban J connectivity index is 1.45. The van der Waals surface area contributed by atoms with Crippen molar-refractivity contribution >= 4 is 11.7 Å². The van der Waals surface area contributed by atoms with Gasteiger partial charge in [0.15, 0.2) is 0 Å². The summed E-state index contributed by atoms with van der Waals surface area (Å²) in [4.78, 5) is 12.5. The number of carbonyl (C=O) groups excluding carboxylic acids is 1. The van der Waals surface area contributed by atoms with Gasteiger partial charge in [-0.25, -0.2) is 4.68 Å². The Morgan fingerprint density at radius 2 is 2.15 bits per heavy atom. The van der Waals surface area contributed by atoms with Gasteiger partial charge in [0.2, 0.25) is 5.91 Å². The number of nitrogens with one attached hydrogen (secondary N) is 1. The molecule has 108 valence electrons. The van der Waals surface area contributed by atoms with Crippen molar-refractivity contribution in [3.63, 3.8) is 0 Å². The number of ether oxygens (including phenoxy) is 1. The Morgan fingerprint density at radius 3 is 2.85 bits per heavy atom. The second kappa shape index (κ2) is 4.88. The van der Waals surface area contributed by atoms with Crippen LogP contribution in [0.15, 0.2) is 12.3 Å². The van der Waals surface area contributed by atoms with Crippen LogP contribution in [0.3, 0.4) is 0 Å². The van der Waals surface area contributed by atoms with Crippen LogP contribution in [0.4, 0.5) is 5.82 Å². The van der Waals surface area contributed by atoms with Crippen molar-refractivity contribution in [3.05, 3.63) is 12.3 Å². The standard InChI is InChI=1S/C15H21N3O2/c19-15(12-7-9-20-14(12)10-4-5-10)17-13-6-8-16-18(13)11-2-1-3-11/h6,8,10-12,14H,1-5,7,9H2,(H,17,19)/t12-,14+/m1/s1. The molecular weight excluding hydrogens is 254 g/mol. The van der Waals surface area contributed by atoms with Gasteiger partial charge in [-0.2, -0.15) is 5.10 Å². The molecule has 0 radical (unpaired) electrons. The second-order valence-electron chi connectivity index (χ2n) is 6.30. The van der Waals surface area contributed by atoms with Crippen LogP contribution in [-0.4, -0.2) is 28.4 Å². The van der Waals surface area contributed by atoms with Crippen molar-refractivity contribution in [2.45, 2.75) is 50.7 Å². The highest BCUT2D eigenvalue weighted by atomic mass is 16.5. The number of nitrogens with zero attached hydrogens (tertiary/aromatic N) is 2. The number of rotatable bonds is 4. The zero-order valence-electron chi connectivity index (χ0n) is 11.6. The first kappa shape index (κ1) is 12.4. The number of hydrogen-bond acceptors (Lipinski definition) is 3. The van der Waals surface area contributed by atoms with E-state index in [1.54, 1.807) is 6.20 Å². The smallest absolute Gasteiger partial charge is 0.231 e. The molecule has 2 aliphatic carbocycles. The third-order valence-corrected chi connectivity index (χ3v) is 4.90. The van der Waals surface area contributed by atoms with E-state index < -0.39 is 0 Å². The summed E-state index contributed by atoms with van der Waals surface area (Å²) in [7, 11) is 0. The minimum absolute atomic E-state index is 0.0206. The molecule has 1 aliphatic heterocycles. The Morgan fingerprint density at radius 1 is 1.30 bits per heavy atom. The second-order valence-corrected chi connectivity index (χ2v) is 6.30. The first-order valence-electron chi connectivity index (χ1n) is 7.79. The third-order valence-electron chi connectivity index (χ3n) is 4.90. The summed E-state index contributed by atoms with van der Waals surface area (Å²) >= 11 is 0. The third kappa shape index (κ3) is 2.14. The molecule has 2 saturated carbocycles. The lowest BCUT2D eigenvalue weighted by atomic mass is 9.93. The molecule has 5 nitrogen and oxygen atoms in total. The Bertz CT molecular complexity index is 505. The first-order chi connectivity index (χ1) is 9.83. The maximum atomic E-state index is 12.5. The van der Waals surface area contributed by atoms with Crippen molar-refractivity contribution in [1.82, 2.24) is 9.78 Å². The molecule has 2 heterocycles. The highest BCUT2D eigenvalue weighted by Gasteiger charge is 2.44. The fourth-order valence-corrected chi connectivity index (χ4v) is 3.34. The van der Waals surface area contributed by atoms with Gasteiger partial charge in [-0.15, -0.1) is 0 Å². The molecule has 1 aromatic heterocycles. The Kier molecular flexibility index (Phi) is 3.02. The lowest BCUT2D eigenvalue weighted by Gasteiger charge is -2.27. The van der Waals surface area contributed by atoms with E-state index in [4.69, 9.17) is 4.74 Å². The molecule has 2 atom stereocenters. The Labute approximate surface area is 118 Å². The van der Waals surface area contributed by atoms with Crippen molar-refractivity contribution in [1.29, 1.82) is 0 Å². The van der Waals surface area contributed by atoms with Gasteiger partial charge >= 0.3 is 0 Å². The van der Waals surface area contributed by atoms with Gasteiger partial charge in [-0.3, -0.25) is 4.79 Å². The number of hydrogen-bond donors (Lipinski definition) is 1. The molecule has 1 amide bonds. The molecule has 1 saturated heterocycles. The normalized spacial score (nSPS) is 30.2. The molecule has 4 rings (SSSR count). The summed E-state index contributed by atoms with van der Waals surface area (Å²) in [6.07, 6.45) is 8.81. The van der Waals surface area contributed by atoms with Crippen LogP contribution in [0.1, 0.15) is 44.6 Å². The van der Waals surface area contributed by atoms with Crippen LogP contribution in [0.5, 0.6) is 0 Å². The monoisotopic (exact) mass is 275 g/mol. The largest absolute Gasteiger partial charge is 0.377 e. The highest BCUT2D eigenvalue weighted by Crippen LogP contribution is 2.42. The molecule has 0 bridgehead atoms. The number of aromatic nitrogens is 2. The lowest BCUT2D eigenvalue weighted by Crippen LogP contribution is -2.32. The maximum absolute atomic E-state index is 12.5. The molecule has 5 heteroatoms. The molecule has 0 aromatic carbocycles. The number of amides is 1. The van der Waals surface area contributed by atoms with E-state index in [1.807, 2.05) is 10.7 Å². The van der Waals surface area contributed by atoms with Crippen LogP contribution in [0.2, 0.25) is 0 Å². The number of anilines is 1. The van der Waals surface area contributed by atoms with E-state index >= 15 is 0 Å². The lowest BCUT2D eigenvalue weighted by molar-refractivity contribution is -0.121. The molecule has 20 heavy (non-hydrogen) atoms. The summed E-state index contributed by atoms with van der Waals surface area (Å²) in [6, 6.07) is 2.37. The van der Waals surface area contributed by atoms with E-state index in [0.29, 0.717) is 12.0 Å². The van der Waals surface area contributed by atoms with E-state index in [2.05, 4.69) is 10.4 Å². The summed E-state index contributed by atoms with van der Waals surface area (Å²) in [5.74, 6) is 1.60. The predicted molar refractivity (Wildman–Crippen MR) is 74.3 cm³/mol. The van der Waals surface area contributed by atoms with Gasteiger partial charge in [0.05, 0.1) is 24.3 Å². The van der Waals surface area contributed by atoms with E-state index in [1.165, 1.54) is 32.1 Å². The van der Waals surface area contributed by atoms with Crippen molar-refractivity contribution in [2.75, 3.05) is 11.9 Å². The summed E-state index contributed by atoms with van der Waals surface area (Å²) in [6.45, 7) is 0.723. The summed E-state index contributed by atoms with van der Waals surface area (Å²) < 4.78 is 7.73. The SMILES string of the molecule is O=C(Nc1ccnn1C1CCC1)[C@@H]1CCO[C@H]1C1CC1. The summed E-state index contributed by atoms with van der Waals surface area (Å²) in [5.41, 5.74) is 0. The molecule has 1 aromatic rings. The van der Waals surface area contributed by atoms with Crippen LogP contribution in [0, 0.1) is 11.8 Å². The predicted octanol–water partition coefficient (Wildman–Crippen LogP) is 2.36. The number of carbonyl (C=O) groups is 1. The minimum atomic E-state index is 0.0206.